The number of nitrogen functional groups attached to an aromatic ring is 1. The van der Waals surface area contributed by atoms with Crippen molar-refractivity contribution in [3.05, 3.63) is 53.5 Å². The fourth-order valence-corrected chi connectivity index (χ4v) is 1.92. The van der Waals surface area contributed by atoms with Crippen LogP contribution in [0, 0.1) is 0 Å². The van der Waals surface area contributed by atoms with Crippen LogP contribution < -0.4 is 5.73 Å². The Kier molecular flexibility index (Phi) is 5.29. The highest BCUT2D eigenvalue weighted by Crippen LogP contribution is 2.21. The summed E-state index contributed by atoms with van der Waals surface area (Å²) in [5.74, 6) is 0. The predicted octanol–water partition coefficient (Wildman–Crippen LogP) is 3.21. The lowest BCUT2D eigenvalue weighted by molar-refractivity contribution is 0.328. The maximum Gasteiger partial charge on any atom is 0.0458 e. The molecule has 0 spiro atoms. The number of nitrogens with two attached hydrogens (primary N) is 1. The summed E-state index contributed by atoms with van der Waals surface area (Å²) in [5, 5.41) is 0. The van der Waals surface area contributed by atoms with Gasteiger partial charge < -0.3 is 5.73 Å². The molecule has 0 saturated carbocycles. The van der Waals surface area contributed by atoms with Gasteiger partial charge >= 0.3 is 0 Å². The zero-order chi connectivity index (χ0) is 12.0. The van der Waals surface area contributed by atoms with Gasteiger partial charge in [0.05, 0.1) is 0 Å². The van der Waals surface area contributed by atoms with Gasteiger partial charge in [-0.1, -0.05) is 18.2 Å². The second kappa shape index (κ2) is 6.51. The van der Waals surface area contributed by atoms with E-state index >= 15 is 0 Å². The number of benzene rings is 1. The molecule has 0 unspecified atom stereocenters. The standard InChI is InChI=1S/C13H17BrN2/c1-3-7-16(8-4-2)10-11-5-6-13(15)12(14)9-11/h3-6,9H,1-2,7-8,10,15H2. The second-order valence-corrected chi connectivity index (χ2v) is 4.48. The van der Waals surface area contributed by atoms with E-state index in [0.717, 1.165) is 29.8 Å². The molecular formula is C13H17BrN2. The van der Waals surface area contributed by atoms with Crippen molar-refractivity contribution in [1.29, 1.82) is 0 Å². The molecule has 0 aliphatic carbocycles. The van der Waals surface area contributed by atoms with Crippen molar-refractivity contribution in [1.82, 2.24) is 4.90 Å². The van der Waals surface area contributed by atoms with E-state index in [2.05, 4.69) is 40.1 Å². The summed E-state index contributed by atoms with van der Waals surface area (Å²) >= 11 is 3.43. The molecule has 0 amide bonds. The zero-order valence-corrected chi connectivity index (χ0v) is 10.9. The number of hydrogen-bond acceptors (Lipinski definition) is 2. The molecule has 0 aliphatic heterocycles. The van der Waals surface area contributed by atoms with E-state index in [1.54, 1.807) is 0 Å². The summed E-state index contributed by atoms with van der Waals surface area (Å²) in [7, 11) is 0. The zero-order valence-electron chi connectivity index (χ0n) is 9.32. The lowest BCUT2D eigenvalue weighted by atomic mass is 10.2. The van der Waals surface area contributed by atoms with E-state index in [1.165, 1.54) is 5.56 Å². The quantitative estimate of drug-likeness (QED) is 0.641. The summed E-state index contributed by atoms with van der Waals surface area (Å²) in [6.07, 6.45) is 3.80. The first-order valence-electron chi connectivity index (χ1n) is 5.15. The molecule has 0 bridgehead atoms. The lowest BCUT2D eigenvalue weighted by Crippen LogP contribution is -2.23. The summed E-state index contributed by atoms with van der Waals surface area (Å²) in [6, 6.07) is 6.01. The van der Waals surface area contributed by atoms with Crippen LogP contribution in [0.15, 0.2) is 48.0 Å². The Morgan fingerprint density at radius 3 is 2.38 bits per heavy atom. The van der Waals surface area contributed by atoms with Crippen LogP contribution in [0.5, 0.6) is 0 Å². The normalized spacial score (nSPS) is 10.4. The largest absolute Gasteiger partial charge is 0.398 e. The second-order valence-electron chi connectivity index (χ2n) is 3.63. The molecule has 0 aromatic heterocycles. The van der Waals surface area contributed by atoms with Gasteiger partial charge in [0.25, 0.3) is 0 Å². The fraction of sp³-hybridized carbons (Fsp3) is 0.231. The van der Waals surface area contributed by atoms with Crippen molar-refractivity contribution < 1.29 is 0 Å². The molecule has 0 atom stereocenters. The molecule has 0 fully saturated rings. The molecular weight excluding hydrogens is 264 g/mol. The molecule has 1 aromatic rings. The van der Waals surface area contributed by atoms with Crippen molar-refractivity contribution in [2.24, 2.45) is 0 Å². The Bertz CT molecular complexity index is 364. The van der Waals surface area contributed by atoms with E-state index in [4.69, 9.17) is 5.73 Å². The minimum absolute atomic E-state index is 0.766. The summed E-state index contributed by atoms with van der Waals surface area (Å²) < 4.78 is 0.946. The van der Waals surface area contributed by atoms with Crippen LogP contribution in [0.1, 0.15) is 5.56 Å². The molecule has 0 heterocycles. The Morgan fingerprint density at radius 1 is 1.25 bits per heavy atom. The molecule has 16 heavy (non-hydrogen) atoms. The van der Waals surface area contributed by atoms with Crippen molar-refractivity contribution in [2.75, 3.05) is 18.8 Å². The smallest absolute Gasteiger partial charge is 0.0458 e. The number of hydrogen-bond donors (Lipinski definition) is 1. The van der Waals surface area contributed by atoms with E-state index in [0.29, 0.717) is 0 Å². The number of rotatable bonds is 6. The summed E-state index contributed by atoms with van der Waals surface area (Å²) in [5.41, 5.74) is 7.74. The Morgan fingerprint density at radius 2 is 1.88 bits per heavy atom. The van der Waals surface area contributed by atoms with Crippen molar-refractivity contribution >= 4 is 21.6 Å². The Balaban J connectivity index is 2.72. The van der Waals surface area contributed by atoms with E-state index in [-0.39, 0.29) is 0 Å². The van der Waals surface area contributed by atoms with E-state index < -0.39 is 0 Å². The highest BCUT2D eigenvalue weighted by molar-refractivity contribution is 9.10. The molecule has 1 rings (SSSR count). The van der Waals surface area contributed by atoms with Crippen LogP contribution in [-0.2, 0) is 6.54 Å². The molecule has 0 aliphatic rings. The van der Waals surface area contributed by atoms with Gasteiger partial charge in [-0.15, -0.1) is 13.2 Å². The van der Waals surface area contributed by atoms with Crippen molar-refractivity contribution in [2.45, 2.75) is 6.54 Å². The monoisotopic (exact) mass is 280 g/mol. The molecule has 2 nitrogen and oxygen atoms in total. The first kappa shape index (κ1) is 13.0. The number of halogens is 1. The van der Waals surface area contributed by atoms with Crippen LogP contribution in [0.25, 0.3) is 0 Å². The first-order valence-corrected chi connectivity index (χ1v) is 5.94. The SMILES string of the molecule is C=CCN(CC=C)Cc1ccc(N)c(Br)c1. The van der Waals surface area contributed by atoms with Crippen LogP contribution in [-0.4, -0.2) is 18.0 Å². The van der Waals surface area contributed by atoms with Crippen LogP contribution >= 0.6 is 15.9 Å². The molecule has 3 heteroatoms. The summed E-state index contributed by atoms with van der Waals surface area (Å²) in [4.78, 5) is 2.25. The molecule has 86 valence electrons. The third-order valence-corrected chi connectivity index (χ3v) is 2.93. The van der Waals surface area contributed by atoms with Gasteiger partial charge in [-0.25, -0.2) is 0 Å². The van der Waals surface area contributed by atoms with Gasteiger partial charge in [-0.3, -0.25) is 4.90 Å². The highest BCUT2D eigenvalue weighted by atomic mass is 79.9. The maximum absolute atomic E-state index is 5.74. The third-order valence-electron chi connectivity index (χ3n) is 2.25. The minimum Gasteiger partial charge on any atom is -0.398 e. The Hall–Kier alpha value is -1.06. The van der Waals surface area contributed by atoms with E-state index in [1.807, 2.05) is 24.3 Å². The van der Waals surface area contributed by atoms with E-state index in [9.17, 15) is 0 Å². The van der Waals surface area contributed by atoms with Crippen LogP contribution in [0.3, 0.4) is 0 Å². The average molecular weight is 281 g/mol. The first-order chi connectivity index (χ1) is 7.67. The minimum atomic E-state index is 0.766. The van der Waals surface area contributed by atoms with Gasteiger partial charge in [0.1, 0.15) is 0 Å². The highest BCUT2D eigenvalue weighted by Gasteiger charge is 2.03. The van der Waals surface area contributed by atoms with Crippen LogP contribution in [0.4, 0.5) is 5.69 Å². The van der Waals surface area contributed by atoms with Gasteiger partial charge in [0, 0.05) is 29.8 Å². The molecule has 0 saturated heterocycles. The van der Waals surface area contributed by atoms with Gasteiger partial charge in [-0.05, 0) is 33.6 Å². The average Bonchev–Trinajstić information content (AvgIpc) is 2.24. The molecule has 2 N–H and O–H groups in total. The number of anilines is 1. The topological polar surface area (TPSA) is 29.3 Å². The summed E-state index contributed by atoms with van der Waals surface area (Å²) in [6.45, 7) is 10.1. The maximum atomic E-state index is 5.74. The predicted molar refractivity (Wildman–Crippen MR) is 74.2 cm³/mol. The number of nitrogens with zero attached hydrogens (tertiary/aromatic N) is 1. The van der Waals surface area contributed by atoms with Gasteiger partial charge in [-0.2, -0.15) is 0 Å². The van der Waals surface area contributed by atoms with Crippen molar-refractivity contribution in [3.8, 4) is 0 Å². The fourth-order valence-electron chi connectivity index (χ4n) is 1.50. The molecule has 1 aromatic carbocycles. The molecule has 0 radical (unpaired) electrons. The van der Waals surface area contributed by atoms with Gasteiger partial charge in [0.15, 0.2) is 0 Å². The lowest BCUT2D eigenvalue weighted by Gasteiger charge is -2.19. The third kappa shape index (κ3) is 3.83. The van der Waals surface area contributed by atoms with Crippen molar-refractivity contribution in [3.63, 3.8) is 0 Å². The van der Waals surface area contributed by atoms with Crippen LogP contribution in [0.2, 0.25) is 0 Å². The Labute approximate surface area is 106 Å². The van der Waals surface area contributed by atoms with Gasteiger partial charge in [0.2, 0.25) is 0 Å².